The van der Waals surface area contributed by atoms with Crippen molar-refractivity contribution in [2.24, 2.45) is 0 Å². The number of ether oxygens (including phenoxy) is 2. The van der Waals surface area contributed by atoms with Crippen molar-refractivity contribution in [1.82, 2.24) is 0 Å². The van der Waals surface area contributed by atoms with Crippen molar-refractivity contribution >= 4 is 23.2 Å². The Morgan fingerprint density at radius 3 is 2.48 bits per heavy atom. The van der Waals surface area contributed by atoms with Crippen molar-refractivity contribution in [3.05, 3.63) is 59.1 Å². The topological polar surface area (TPSA) is 121 Å². The first-order valence-electron chi connectivity index (χ1n) is 9.23. The molecule has 0 aromatic heterocycles. The molecule has 0 spiro atoms. The molecule has 0 heterocycles. The molecule has 0 atom stereocenters. The molecular formula is C22H22FN3O5. The van der Waals surface area contributed by atoms with Crippen LogP contribution in [0.3, 0.4) is 0 Å². The molecule has 162 valence electrons. The van der Waals surface area contributed by atoms with Gasteiger partial charge in [0.05, 0.1) is 24.5 Å². The Balaban J connectivity index is 2.40. The maximum Gasteiger partial charge on any atom is 0.269 e. The summed E-state index contributed by atoms with van der Waals surface area (Å²) < 4.78 is 25.4. The molecule has 2 aromatic carbocycles. The molecular weight excluding hydrogens is 405 g/mol. The lowest BCUT2D eigenvalue weighted by molar-refractivity contribution is -0.112. The molecule has 0 aliphatic carbocycles. The fourth-order valence-corrected chi connectivity index (χ4v) is 2.56. The number of hydrogen-bond acceptors (Lipinski definition) is 6. The van der Waals surface area contributed by atoms with Crippen molar-refractivity contribution < 1.29 is 28.6 Å². The van der Waals surface area contributed by atoms with Gasteiger partial charge in [0.1, 0.15) is 29.1 Å². The molecule has 0 aliphatic heterocycles. The van der Waals surface area contributed by atoms with E-state index in [1.807, 2.05) is 0 Å². The number of benzene rings is 2. The molecule has 0 unspecified atom stereocenters. The summed E-state index contributed by atoms with van der Waals surface area (Å²) >= 11 is 0. The number of rotatable bonds is 7. The highest BCUT2D eigenvalue weighted by atomic mass is 19.1. The Morgan fingerprint density at radius 1 is 1.19 bits per heavy atom. The number of nitrogens with zero attached hydrogens (tertiary/aromatic N) is 1. The number of carbonyl (C=O) groups excluding carboxylic acids is 2. The Morgan fingerprint density at radius 2 is 1.90 bits per heavy atom. The molecule has 0 aliphatic rings. The summed E-state index contributed by atoms with van der Waals surface area (Å²) in [5.41, 5.74) is -0.542. The third-order valence-electron chi connectivity index (χ3n) is 3.95. The molecule has 0 radical (unpaired) electrons. The standard InChI is InChI=1S/C22H22FN3O5/c1-12(2)31-20-10-19(26-22(29)17(11-24)13(3)27)18(23)9-16(20)21(28)25-14-6-5-7-15(8-14)30-4/h5-10,12,27H,1-4H3,(H,25,28)(H,26,29)/b17-13-. The lowest BCUT2D eigenvalue weighted by atomic mass is 10.1. The van der Waals surface area contributed by atoms with Gasteiger partial charge < -0.3 is 25.2 Å². The normalized spacial score (nSPS) is 11.3. The zero-order valence-electron chi connectivity index (χ0n) is 17.4. The van der Waals surface area contributed by atoms with Crippen LogP contribution in [0.1, 0.15) is 31.1 Å². The number of nitrogens with one attached hydrogen (secondary N) is 2. The third kappa shape index (κ3) is 5.96. The second kappa shape index (κ2) is 10.1. The highest BCUT2D eigenvalue weighted by molar-refractivity contribution is 6.09. The van der Waals surface area contributed by atoms with Crippen LogP contribution in [-0.4, -0.2) is 30.1 Å². The Labute approximate surface area is 178 Å². The van der Waals surface area contributed by atoms with Crippen LogP contribution < -0.4 is 20.1 Å². The number of aliphatic hydroxyl groups is 1. The van der Waals surface area contributed by atoms with Gasteiger partial charge in [0.25, 0.3) is 11.8 Å². The Kier molecular flexibility index (Phi) is 7.58. The van der Waals surface area contributed by atoms with E-state index in [2.05, 4.69) is 10.6 Å². The predicted octanol–water partition coefficient (Wildman–Crippen LogP) is 4.17. The van der Waals surface area contributed by atoms with E-state index in [9.17, 15) is 19.1 Å². The lowest BCUT2D eigenvalue weighted by Crippen LogP contribution is -2.19. The molecule has 2 amide bonds. The monoisotopic (exact) mass is 427 g/mol. The number of aliphatic hydroxyl groups excluding tert-OH is 1. The maximum absolute atomic E-state index is 14.7. The van der Waals surface area contributed by atoms with E-state index in [0.29, 0.717) is 11.4 Å². The predicted molar refractivity (Wildman–Crippen MR) is 113 cm³/mol. The number of anilines is 2. The molecule has 0 saturated heterocycles. The second-order valence-corrected chi connectivity index (χ2v) is 6.71. The molecule has 2 rings (SSSR count). The van der Waals surface area contributed by atoms with E-state index >= 15 is 0 Å². The first kappa shape index (κ1) is 23.2. The van der Waals surface area contributed by atoms with E-state index in [1.165, 1.54) is 7.11 Å². The minimum Gasteiger partial charge on any atom is -0.511 e. The van der Waals surface area contributed by atoms with Gasteiger partial charge in [0, 0.05) is 17.8 Å². The van der Waals surface area contributed by atoms with Crippen LogP contribution in [0.25, 0.3) is 0 Å². The molecule has 9 heteroatoms. The van der Waals surface area contributed by atoms with Crippen LogP contribution in [0.4, 0.5) is 15.8 Å². The Hall–Kier alpha value is -4.06. The van der Waals surface area contributed by atoms with Gasteiger partial charge in [-0.25, -0.2) is 4.39 Å². The SMILES string of the molecule is COc1cccc(NC(=O)c2cc(F)c(NC(=O)/C(C#N)=C(/C)O)cc2OC(C)C)c1. The van der Waals surface area contributed by atoms with Gasteiger partial charge in [-0.3, -0.25) is 9.59 Å². The summed E-state index contributed by atoms with van der Waals surface area (Å²) in [5.74, 6) is -2.51. The van der Waals surface area contributed by atoms with Crippen molar-refractivity contribution in [2.45, 2.75) is 26.9 Å². The average molecular weight is 427 g/mol. The number of halogens is 1. The molecule has 2 aromatic rings. The number of allylic oxidation sites excluding steroid dienone is 1. The van der Waals surface area contributed by atoms with Gasteiger partial charge in [0.15, 0.2) is 5.57 Å². The summed E-state index contributed by atoms with van der Waals surface area (Å²) in [5, 5.41) is 23.2. The zero-order valence-corrected chi connectivity index (χ0v) is 17.4. The maximum atomic E-state index is 14.7. The molecule has 31 heavy (non-hydrogen) atoms. The van der Waals surface area contributed by atoms with Gasteiger partial charge in [-0.05, 0) is 39.0 Å². The number of hydrogen-bond donors (Lipinski definition) is 3. The van der Waals surface area contributed by atoms with Gasteiger partial charge in [0.2, 0.25) is 0 Å². The van der Waals surface area contributed by atoms with Crippen LogP contribution in [0.2, 0.25) is 0 Å². The van der Waals surface area contributed by atoms with Crippen molar-refractivity contribution in [3.8, 4) is 17.6 Å². The molecule has 0 saturated carbocycles. The number of amides is 2. The van der Waals surface area contributed by atoms with Gasteiger partial charge in [-0.2, -0.15) is 5.26 Å². The van der Waals surface area contributed by atoms with Crippen molar-refractivity contribution in [1.29, 1.82) is 5.26 Å². The zero-order chi connectivity index (χ0) is 23.1. The van der Waals surface area contributed by atoms with Gasteiger partial charge in [-0.1, -0.05) is 6.07 Å². The lowest BCUT2D eigenvalue weighted by Gasteiger charge is -2.17. The minimum atomic E-state index is -0.995. The smallest absolute Gasteiger partial charge is 0.269 e. The van der Waals surface area contributed by atoms with E-state index in [1.54, 1.807) is 44.2 Å². The van der Waals surface area contributed by atoms with Crippen LogP contribution in [-0.2, 0) is 4.79 Å². The van der Waals surface area contributed by atoms with E-state index < -0.39 is 29.0 Å². The average Bonchev–Trinajstić information content (AvgIpc) is 2.70. The molecule has 0 bridgehead atoms. The fraction of sp³-hybridized carbons (Fsp3) is 0.227. The second-order valence-electron chi connectivity index (χ2n) is 6.71. The van der Waals surface area contributed by atoms with Crippen molar-refractivity contribution in [2.75, 3.05) is 17.7 Å². The van der Waals surface area contributed by atoms with Crippen molar-refractivity contribution in [3.63, 3.8) is 0 Å². The summed E-state index contributed by atoms with van der Waals surface area (Å²) in [6.07, 6.45) is -0.355. The summed E-state index contributed by atoms with van der Waals surface area (Å²) in [6, 6.07) is 10.2. The third-order valence-corrected chi connectivity index (χ3v) is 3.95. The highest BCUT2D eigenvalue weighted by Crippen LogP contribution is 2.29. The minimum absolute atomic E-state index is 0.0234. The Bertz CT molecular complexity index is 1070. The largest absolute Gasteiger partial charge is 0.511 e. The highest BCUT2D eigenvalue weighted by Gasteiger charge is 2.21. The summed E-state index contributed by atoms with van der Waals surface area (Å²) in [4.78, 5) is 24.9. The van der Waals surface area contributed by atoms with E-state index in [-0.39, 0.29) is 23.1 Å². The quantitative estimate of drug-likeness (QED) is 0.346. The number of methoxy groups -OCH3 is 1. The summed E-state index contributed by atoms with van der Waals surface area (Å²) in [6.45, 7) is 4.60. The fourth-order valence-electron chi connectivity index (χ4n) is 2.56. The van der Waals surface area contributed by atoms with Crippen LogP contribution in [0, 0.1) is 17.1 Å². The first-order chi connectivity index (χ1) is 14.7. The van der Waals surface area contributed by atoms with Crippen LogP contribution in [0.15, 0.2) is 47.7 Å². The van der Waals surface area contributed by atoms with E-state index in [4.69, 9.17) is 14.7 Å². The molecule has 0 fully saturated rings. The van der Waals surface area contributed by atoms with Gasteiger partial charge >= 0.3 is 0 Å². The van der Waals surface area contributed by atoms with Crippen LogP contribution in [0.5, 0.6) is 11.5 Å². The first-order valence-corrected chi connectivity index (χ1v) is 9.23. The van der Waals surface area contributed by atoms with Gasteiger partial charge in [-0.15, -0.1) is 0 Å². The number of nitriles is 1. The van der Waals surface area contributed by atoms with E-state index in [0.717, 1.165) is 19.1 Å². The molecule has 3 N–H and O–H groups in total. The summed E-state index contributed by atoms with van der Waals surface area (Å²) in [7, 11) is 1.49. The molecule has 8 nitrogen and oxygen atoms in total. The number of carbonyl (C=O) groups is 2. The van der Waals surface area contributed by atoms with Crippen LogP contribution >= 0.6 is 0 Å².